The van der Waals surface area contributed by atoms with Gasteiger partial charge in [-0.05, 0) is 75.3 Å². The summed E-state index contributed by atoms with van der Waals surface area (Å²) in [7, 11) is 0. The minimum absolute atomic E-state index is 0.111. The maximum absolute atomic E-state index is 12.6. The monoisotopic (exact) mass is 454 g/mol. The molecule has 8 heteroatoms. The van der Waals surface area contributed by atoms with Crippen molar-refractivity contribution in [3.8, 4) is 0 Å². The Bertz CT molecular complexity index is 969. The van der Waals surface area contributed by atoms with Gasteiger partial charge in [0.25, 0.3) is 0 Å². The van der Waals surface area contributed by atoms with Crippen molar-refractivity contribution in [1.29, 1.82) is 0 Å². The second-order valence-electron chi connectivity index (χ2n) is 9.78. The van der Waals surface area contributed by atoms with E-state index >= 15 is 0 Å². The van der Waals surface area contributed by atoms with Gasteiger partial charge < -0.3 is 20.5 Å². The Kier molecular flexibility index (Phi) is 5.88. The van der Waals surface area contributed by atoms with Crippen LogP contribution >= 0.6 is 11.8 Å². The molecular weight excluding hydrogens is 424 g/mol. The molecule has 7 nitrogen and oxygen atoms in total. The second-order valence-corrected chi connectivity index (χ2v) is 10.8. The van der Waals surface area contributed by atoms with Crippen LogP contribution in [0.15, 0.2) is 34.9 Å². The van der Waals surface area contributed by atoms with E-state index in [1.54, 1.807) is 13.0 Å². The minimum Gasteiger partial charge on any atom is -0.378 e. The van der Waals surface area contributed by atoms with Crippen molar-refractivity contribution in [2.75, 3.05) is 27.5 Å². The Morgan fingerprint density at radius 1 is 1.00 bits per heavy atom. The van der Waals surface area contributed by atoms with Crippen LogP contribution in [0.1, 0.15) is 44.3 Å². The number of aryl methyl sites for hydroxylation is 1. The van der Waals surface area contributed by atoms with Crippen LogP contribution in [0.25, 0.3) is 0 Å². The molecule has 4 aliphatic rings. The molecule has 2 amide bonds. The van der Waals surface area contributed by atoms with E-state index in [1.165, 1.54) is 50.3 Å². The Labute approximate surface area is 192 Å². The largest absolute Gasteiger partial charge is 0.378 e. The van der Waals surface area contributed by atoms with Gasteiger partial charge in [0.1, 0.15) is 5.76 Å². The highest BCUT2D eigenvalue weighted by atomic mass is 32.2. The lowest BCUT2D eigenvalue weighted by Gasteiger charge is -2.57. The van der Waals surface area contributed by atoms with Gasteiger partial charge in [-0.15, -0.1) is 11.8 Å². The molecule has 0 aliphatic heterocycles. The van der Waals surface area contributed by atoms with Gasteiger partial charge in [0.05, 0.1) is 22.9 Å². The SMILES string of the molecule is Cc1cc(NC(=O)CSCC(=O)Nc2ccccc2NC23CC4CC(CC(C4)C2)C3)no1. The molecule has 170 valence electrons. The lowest BCUT2D eigenvalue weighted by molar-refractivity contribution is -0.114. The molecule has 4 fully saturated rings. The number of hydrogen-bond acceptors (Lipinski definition) is 6. The molecule has 1 heterocycles. The first kappa shape index (κ1) is 21.4. The number of anilines is 3. The number of nitrogens with zero attached hydrogens (tertiary/aromatic N) is 1. The smallest absolute Gasteiger partial charge is 0.235 e. The maximum atomic E-state index is 12.6. The van der Waals surface area contributed by atoms with Crippen LogP contribution in [0.3, 0.4) is 0 Å². The van der Waals surface area contributed by atoms with Crippen LogP contribution in [0.4, 0.5) is 17.2 Å². The molecule has 0 atom stereocenters. The van der Waals surface area contributed by atoms with Crippen molar-refractivity contribution in [1.82, 2.24) is 5.16 Å². The number of amides is 2. The Balaban J connectivity index is 1.14. The lowest BCUT2D eigenvalue weighted by atomic mass is 9.53. The molecule has 4 bridgehead atoms. The normalized spacial score (nSPS) is 27.8. The third-order valence-corrected chi connectivity index (χ3v) is 7.93. The van der Waals surface area contributed by atoms with Crippen molar-refractivity contribution >= 4 is 40.8 Å². The van der Waals surface area contributed by atoms with Crippen LogP contribution in [0.5, 0.6) is 0 Å². The fourth-order valence-corrected chi connectivity index (χ4v) is 6.89. The molecule has 4 saturated carbocycles. The van der Waals surface area contributed by atoms with Gasteiger partial charge in [-0.2, -0.15) is 0 Å². The average Bonchev–Trinajstić information content (AvgIpc) is 3.12. The van der Waals surface area contributed by atoms with Gasteiger partial charge >= 0.3 is 0 Å². The zero-order valence-corrected chi connectivity index (χ0v) is 19.2. The molecule has 6 rings (SSSR count). The van der Waals surface area contributed by atoms with E-state index in [9.17, 15) is 9.59 Å². The number of para-hydroxylation sites is 2. The van der Waals surface area contributed by atoms with Gasteiger partial charge in [0.15, 0.2) is 5.82 Å². The first-order chi connectivity index (χ1) is 15.5. The van der Waals surface area contributed by atoms with Gasteiger partial charge in [-0.3, -0.25) is 9.59 Å². The van der Waals surface area contributed by atoms with E-state index in [0.29, 0.717) is 11.6 Å². The van der Waals surface area contributed by atoms with Crippen molar-refractivity contribution < 1.29 is 14.1 Å². The molecule has 4 aliphatic carbocycles. The number of thioether (sulfide) groups is 1. The van der Waals surface area contributed by atoms with Crippen molar-refractivity contribution in [3.05, 3.63) is 36.1 Å². The summed E-state index contributed by atoms with van der Waals surface area (Å²) < 4.78 is 4.93. The highest BCUT2D eigenvalue weighted by Gasteiger charge is 2.51. The summed E-state index contributed by atoms with van der Waals surface area (Å²) in [6, 6.07) is 9.63. The fourth-order valence-electron chi connectivity index (χ4n) is 6.28. The molecule has 1 aromatic heterocycles. The Hall–Kier alpha value is -2.48. The summed E-state index contributed by atoms with van der Waals surface area (Å²) >= 11 is 1.27. The van der Waals surface area contributed by atoms with Crippen LogP contribution in [-0.2, 0) is 9.59 Å². The summed E-state index contributed by atoms with van der Waals surface area (Å²) in [5.41, 5.74) is 2.00. The molecule has 3 N–H and O–H groups in total. The van der Waals surface area contributed by atoms with Crippen molar-refractivity contribution in [3.63, 3.8) is 0 Å². The highest BCUT2D eigenvalue weighted by Crippen LogP contribution is 2.56. The second kappa shape index (κ2) is 8.81. The van der Waals surface area contributed by atoms with Gasteiger partial charge in [-0.25, -0.2) is 0 Å². The maximum Gasteiger partial charge on any atom is 0.235 e. The van der Waals surface area contributed by atoms with E-state index < -0.39 is 0 Å². The first-order valence-electron chi connectivity index (χ1n) is 11.4. The predicted octanol–water partition coefficient (Wildman–Crippen LogP) is 4.67. The molecule has 0 radical (unpaired) electrons. The van der Waals surface area contributed by atoms with E-state index in [0.717, 1.165) is 29.1 Å². The van der Waals surface area contributed by atoms with Crippen LogP contribution in [0, 0.1) is 24.7 Å². The van der Waals surface area contributed by atoms with Crippen molar-refractivity contribution in [2.24, 2.45) is 17.8 Å². The highest BCUT2D eigenvalue weighted by molar-refractivity contribution is 8.00. The average molecular weight is 455 g/mol. The number of carbonyl (C=O) groups is 2. The summed E-state index contributed by atoms with van der Waals surface area (Å²) in [6.45, 7) is 1.76. The number of rotatable bonds is 8. The zero-order chi connectivity index (χ0) is 22.1. The third kappa shape index (κ3) is 4.80. The molecule has 2 aromatic rings. The lowest BCUT2D eigenvalue weighted by Crippen LogP contribution is -2.54. The summed E-state index contributed by atoms with van der Waals surface area (Å²) in [5.74, 6) is 3.66. The van der Waals surface area contributed by atoms with E-state index in [2.05, 4.69) is 27.2 Å². The first-order valence-corrected chi connectivity index (χ1v) is 12.6. The number of aromatic nitrogens is 1. The topological polar surface area (TPSA) is 96.3 Å². The van der Waals surface area contributed by atoms with Gasteiger partial charge in [0, 0.05) is 11.6 Å². The summed E-state index contributed by atoms with van der Waals surface area (Å²) in [5, 5.41) is 13.3. The van der Waals surface area contributed by atoms with E-state index in [-0.39, 0.29) is 28.9 Å². The molecule has 0 saturated heterocycles. The molecule has 32 heavy (non-hydrogen) atoms. The Morgan fingerprint density at radius 2 is 1.59 bits per heavy atom. The predicted molar refractivity (Wildman–Crippen MR) is 127 cm³/mol. The minimum atomic E-state index is -0.208. The fraction of sp³-hybridized carbons (Fsp3) is 0.542. The summed E-state index contributed by atoms with van der Waals surface area (Å²) in [6.07, 6.45) is 7.95. The van der Waals surface area contributed by atoms with Gasteiger partial charge in [0.2, 0.25) is 11.8 Å². The van der Waals surface area contributed by atoms with Crippen LogP contribution in [0.2, 0.25) is 0 Å². The molecule has 0 spiro atoms. The van der Waals surface area contributed by atoms with Crippen LogP contribution < -0.4 is 16.0 Å². The quantitative estimate of drug-likeness (QED) is 0.536. The zero-order valence-electron chi connectivity index (χ0n) is 18.4. The molecule has 0 unspecified atom stereocenters. The number of carbonyl (C=O) groups excluding carboxylic acids is 2. The van der Waals surface area contributed by atoms with E-state index in [1.807, 2.05) is 18.2 Å². The number of benzene rings is 1. The number of nitrogens with one attached hydrogen (secondary N) is 3. The Morgan fingerprint density at radius 3 is 2.19 bits per heavy atom. The van der Waals surface area contributed by atoms with Crippen molar-refractivity contribution in [2.45, 2.75) is 51.0 Å². The standard InChI is InChI=1S/C24H30N4O3S/c1-15-6-21(28-31-15)26-23(30)14-32-13-22(29)25-19-4-2-3-5-20(19)27-24-10-16-7-17(11-24)9-18(8-16)12-24/h2-6,16-18,27H,7-14H2,1H3,(H,25,29)(H,26,28,30). The molecular formula is C24H30N4O3S. The van der Waals surface area contributed by atoms with Crippen LogP contribution in [-0.4, -0.2) is 34.0 Å². The summed E-state index contributed by atoms with van der Waals surface area (Å²) in [4.78, 5) is 24.6. The number of hydrogen-bond donors (Lipinski definition) is 3. The molecule has 1 aromatic carbocycles. The third-order valence-electron chi connectivity index (χ3n) is 7.00. The van der Waals surface area contributed by atoms with E-state index in [4.69, 9.17) is 4.52 Å². The van der Waals surface area contributed by atoms with Gasteiger partial charge in [-0.1, -0.05) is 17.3 Å².